The zero-order valence-electron chi connectivity index (χ0n) is 12.0. The van der Waals surface area contributed by atoms with Gasteiger partial charge in [-0.25, -0.2) is 0 Å². The van der Waals surface area contributed by atoms with Crippen LogP contribution in [0.25, 0.3) is 11.1 Å². The molecule has 110 valence electrons. The number of nitrogen functional groups attached to an aromatic ring is 2. The topological polar surface area (TPSA) is 117 Å². The summed E-state index contributed by atoms with van der Waals surface area (Å²) in [6, 6.07) is 6.91. The number of amides is 1. The minimum atomic E-state index is -0.685. The number of nitrogens with zero attached hydrogens (tertiary/aromatic N) is 1. The summed E-state index contributed by atoms with van der Waals surface area (Å²) in [6.07, 6.45) is 1.53. The Balaban J connectivity index is 2.68. The first-order valence-electron chi connectivity index (χ1n) is 6.53. The number of carbonyl (C=O) groups is 2. The lowest BCUT2D eigenvalue weighted by Crippen LogP contribution is -2.23. The fraction of sp³-hybridized carbons (Fsp3) is 0.200. The number of hydrogen-bond donors (Lipinski definition) is 3. The number of primary amides is 1. The summed E-state index contributed by atoms with van der Waals surface area (Å²) in [7, 11) is 0. The quantitative estimate of drug-likeness (QED) is 0.447. The maximum absolute atomic E-state index is 12.3. The normalized spacial score (nSPS) is 10.8. The largest absolute Gasteiger partial charge is 0.399 e. The molecule has 2 aromatic rings. The molecule has 2 rings (SSSR count). The van der Waals surface area contributed by atoms with E-state index in [0.29, 0.717) is 11.3 Å². The van der Waals surface area contributed by atoms with E-state index in [1.165, 1.54) is 6.20 Å². The minimum absolute atomic E-state index is 0.129. The molecule has 0 fully saturated rings. The van der Waals surface area contributed by atoms with E-state index in [9.17, 15) is 9.59 Å². The Morgan fingerprint density at radius 1 is 1.14 bits per heavy atom. The first-order valence-corrected chi connectivity index (χ1v) is 6.53. The standard InChI is InChI=1S/C15H18N4O2/c1-8(2)14(20)13-12(15(17)21)11(7-19(13)18)9-3-5-10(16)6-4-9/h3-8H,16,18H2,1-2H3,(H2,17,21). The number of carbonyl (C=O) groups excluding carboxylic acids is 2. The molecule has 0 bridgehead atoms. The van der Waals surface area contributed by atoms with Gasteiger partial charge in [-0.3, -0.25) is 14.3 Å². The Hall–Kier alpha value is -2.76. The van der Waals surface area contributed by atoms with E-state index in [0.717, 1.165) is 10.2 Å². The fourth-order valence-electron chi connectivity index (χ4n) is 2.18. The van der Waals surface area contributed by atoms with Crippen molar-refractivity contribution in [2.75, 3.05) is 11.6 Å². The molecule has 0 spiro atoms. The van der Waals surface area contributed by atoms with Crippen molar-refractivity contribution < 1.29 is 9.59 Å². The van der Waals surface area contributed by atoms with Crippen LogP contribution in [0, 0.1) is 5.92 Å². The summed E-state index contributed by atoms with van der Waals surface area (Å²) in [4.78, 5) is 24.1. The van der Waals surface area contributed by atoms with E-state index in [-0.39, 0.29) is 23.0 Å². The molecule has 0 unspecified atom stereocenters. The van der Waals surface area contributed by atoms with E-state index in [1.54, 1.807) is 38.1 Å². The molecule has 6 N–H and O–H groups in total. The number of aromatic nitrogens is 1. The lowest BCUT2D eigenvalue weighted by Gasteiger charge is -2.08. The van der Waals surface area contributed by atoms with Gasteiger partial charge in [0, 0.05) is 23.4 Å². The van der Waals surface area contributed by atoms with Gasteiger partial charge in [-0.2, -0.15) is 0 Å². The third-order valence-corrected chi connectivity index (χ3v) is 3.26. The molecule has 1 aromatic carbocycles. The number of ketones is 1. The van der Waals surface area contributed by atoms with Gasteiger partial charge in [0.25, 0.3) is 5.91 Å². The Morgan fingerprint density at radius 3 is 2.19 bits per heavy atom. The molecular formula is C15H18N4O2. The van der Waals surface area contributed by atoms with Crippen molar-refractivity contribution in [3.05, 3.63) is 41.7 Å². The first-order chi connectivity index (χ1) is 9.82. The van der Waals surface area contributed by atoms with Gasteiger partial charge < -0.3 is 17.3 Å². The second kappa shape index (κ2) is 5.32. The van der Waals surface area contributed by atoms with Gasteiger partial charge in [0.05, 0.1) is 5.56 Å². The summed E-state index contributed by atoms with van der Waals surface area (Å²) in [5.74, 6) is 4.64. The molecule has 6 nitrogen and oxygen atoms in total. The maximum Gasteiger partial charge on any atom is 0.251 e. The maximum atomic E-state index is 12.3. The van der Waals surface area contributed by atoms with Crippen molar-refractivity contribution in [1.29, 1.82) is 0 Å². The van der Waals surface area contributed by atoms with E-state index in [4.69, 9.17) is 17.3 Å². The van der Waals surface area contributed by atoms with E-state index < -0.39 is 5.91 Å². The van der Waals surface area contributed by atoms with Gasteiger partial charge in [-0.1, -0.05) is 26.0 Å². The Bertz CT molecular complexity index is 699. The highest BCUT2D eigenvalue weighted by Crippen LogP contribution is 2.29. The fourth-order valence-corrected chi connectivity index (χ4v) is 2.18. The van der Waals surface area contributed by atoms with Crippen LogP contribution in [0.5, 0.6) is 0 Å². The lowest BCUT2D eigenvalue weighted by molar-refractivity contribution is 0.0918. The Kier molecular flexibility index (Phi) is 3.71. The predicted molar refractivity (Wildman–Crippen MR) is 82.1 cm³/mol. The molecule has 0 aliphatic carbocycles. The number of nitrogens with two attached hydrogens (primary N) is 3. The van der Waals surface area contributed by atoms with Crippen LogP contribution in [0.4, 0.5) is 5.69 Å². The van der Waals surface area contributed by atoms with Crippen molar-refractivity contribution >= 4 is 17.4 Å². The molecule has 21 heavy (non-hydrogen) atoms. The summed E-state index contributed by atoms with van der Waals surface area (Å²) in [6.45, 7) is 3.48. The molecule has 6 heteroatoms. The van der Waals surface area contributed by atoms with Crippen LogP contribution < -0.4 is 17.3 Å². The summed E-state index contributed by atoms with van der Waals surface area (Å²) < 4.78 is 1.16. The molecule has 0 atom stereocenters. The van der Waals surface area contributed by atoms with Crippen LogP contribution in [-0.2, 0) is 0 Å². The van der Waals surface area contributed by atoms with Crippen molar-refractivity contribution in [2.24, 2.45) is 11.7 Å². The van der Waals surface area contributed by atoms with E-state index in [2.05, 4.69) is 0 Å². The Labute approximate surface area is 122 Å². The van der Waals surface area contributed by atoms with Crippen LogP contribution in [-0.4, -0.2) is 16.4 Å². The second-order valence-corrected chi connectivity index (χ2v) is 5.18. The average Bonchev–Trinajstić information content (AvgIpc) is 2.76. The van der Waals surface area contributed by atoms with Crippen LogP contribution in [0.3, 0.4) is 0 Å². The molecule has 0 saturated carbocycles. The van der Waals surface area contributed by atoms with Crippen LogP contribution in [0.2, 0.25) is 0 Å². The van der Waals surface area contributed by atoms with Gasteiger partial charge in [0.15, 0.2) is 5.78 Å². The Morgan fingerprint density at radius 2 is 1.71 bits per heavy atom. The number of benzene rings is 1. The predicted octanol–water partition coefficient (Wildman–Crippen LogP) is 1.39. The van der Waals surface area contributed by atoms with Crippen LogP contribution in [0.15, 0.2) is 30.5 Å². The van der Waals surface area contributed by atoms with E-state index in [1.807, 2.05) is 0 Å². The summed E-state index contributed by atoms with van der Waals surface area (Å²) in [5.41, 5.74) is 13.2. The SMILES string of the molecule is CC(C)C(=O)c1c(C(N)=O)c(-c2ccc(N)cc2)cn1N. The van der Waals surface area contributed by atoms with Gasteiger partial charge in [-0.15, -0.1) is 0 Å². The third-order valence-electron chi connectivity index (χ3n) is 3.26. The molecule has 1 aromatic heterocycles. The minimum Gasteiger partial charge on any atom is -0.399 e. The highest BCUT2D eigenvalue weighted by atomic mass is 16.1. The molecule has 1 amide bonds. The summed E-state index contributed by atoms with van der Waals surface area (Å²) >= 11 is 0. The zero-order valence-corrected chi connectivity index (χ0v) is 12.0. The van der Waals surface area contributed by atoms with Gasteiger partial charge >= 0.3 is 0 Å². The number of hydrogen-bond acceptors (Lipinski definition) is 4. The molecule has 0 saturated heterocycles. The van der Waals surface area contributed by atoms with Crippen molar-refractivity contribution in [1.82, 2.24) is 4.68 Å². The monoisotopic (exact) mass is 286 g/mol. The van der Waals surface area contributed by atoms with Gasteiger partial charge in [0.1, 0.15) is 5.69 Å². The van der Waals surface area contributed by atoms with Crippen LogP contribution >= 0.6 is 0 Å². The van der Waals surface area contributed by atoms with Crippen LogP contribution in [0.1, 0.15) is 34.7 Å². The highest BCUT2D eigenvalue weighted by Gasteiger charge is 2.26. The first kappa shape index (κ1) is 14.6. The number of rotatable bonds is 4. The van der Waals surface area contributed by atoms with Gasteiger partial charge in [0.2, 0.25) is 0 Å². The second-order valence-electron chi connectivity index (χ2n) is 5.18. The molecule has 1 heterocycles. The molecular weight excluding hydrogens is 268 g/mol. The van der Waals surface area contributed by atoms with Crippen molar-refractivity contribution in [2.45, 2.75) is 13.8 Å². The number of anilines is 1. The summed E-state index contributed by atoms with van der Waals surface area (Å²) in [5, 5.41) is 0. The van der Waals surface area contributed by atoms with Gasteiger partial charge in [-0.05, 0) is 17.7 Å². The van der Waals surface area contributed by atoms with Crippen molar-refractivity contribution in [3.8, 4) is 11.1 Å². The smallest absolute Gasteiger partial charge is 0.251 e. The number of Topliss-reactive ketones (excluding diaryl/α,β-unsaturated/α-hetero) is 1. The lowest BCUT2D eigenvalue weighted by atomic mass is 9.97. The molecule has 0 aliphatic heterocycles. The zero-order chi connectivity index (χ0) is 15.7. The highest BCUT2D eigenvalue weighted by molar-refractivity contribution is 6.11. The van der Waals surface area contributed by atoms with E-state index >= 15 is 0 Å². The molecule has 0 radical (unpaired) electrons. The third kappa shape index (κ3) is 2.60. The molecule has 0 aliphatic rings. The average molecular weight is 286 g/mol. The van der Waals surface area contributed by atoms with Crippen molar-refractivity contribution in [3.63, 3.8) is 0 Å².